The van der Waals surface area contributed by atoms with Gasteiger partial charge in [0.1, 0.15) is 0 Å². The maximum Gasteiger partial charge on any atom is -0.00135 e. The van der Waals surface area contributed by atoms with E-state index < -0.39 is 0 Å². The number of benzene rings is 1. The van der Waals surface area contributed by atoms with E-state index in [-0.39, 0.29) is 0 Å². The Morgan fingerprint density at radius 2 is 1.53 bits per heavy atom. The van der Waals surface area contributed by atoms with Crippen LogP contribution in [0.1, 0.15) is 22.3 Å². The summed E-state index contributed by atoms with van der Waals surface area (Å²) in [6, 6.07) is 21.7. The molecule has 0 spiro atoms. The molecule has 0 bridgehead atoms. The molecule has 1 aromatic rings. The first kappa shape index (κ1) is 10.6. The Morgan fingerprint density at radius 1 is 0.684 bits per heavy atom. The van der Waals surface area contributed by atoms with Crippen molar-refractivity contribution in [3.8, 4) is 11.1 Å². The van der Waals surface area contributed by atoms with Gasteiger partial charge in [0.05, 0.1) is 0 Å². The fourth-order valence-electron chi connectivity index (χ4n) is 2.95. The summed E-state index contributed by atoms with van der Waals surface area (Å²) in [6.45, 7) is 0. The van der Waals surface area contributed by atoms with E-state index in [0.29, 0.717) is 0 Å². The normalized spacial score (nSPS) is 12.8. The fraction of sp³-hybridized carbons (Fsp3) is 0.0526. The summed E-state index contributed by atoms with van der Waals surface area (Å²) in [5.41, 5.74) is 8.25. The quantitative estimate of drug-likeness (QED) is 0.413. The van der Waals surface area contributed by atoms with Crippen molar-refractivity contribution in [3.63, 3.8) is 0 Å². The highest BCUT2D eigenvalue weighted by Crippen LogP contribution is 2.36. The van der Waals surface area contributed by atoms with Crippen molar-refractivity contribution >= 4 is 12.2 Å². The van der Waals surface area contributed by atoms with Crippen molar-refractivity contribution in [1.82, 2.24) is 0 Å². The lowest BCUT2D eigenvalue weighted by Crippen LogP contribution is -1.88. The highest BCUT2D eigenvalue weighted by atomic mass is 14.2. The van der Waals surface area contributed by atoms with Crippen molar-refractivity contribution in [1.29, 1.82) is 0 Å². The summed E-state index contributed by atoms with van der Waals surface area (Å²) in [6.07, 6.45) is 5.54. The molecular formula is C19H14. The zero-order chi connectivity index (χ0) is 12.7. The summed E-state index contributed by atoms with van der Waals surface area (Å²) in [5, 5.41) is 0. The van der Waals surface area contributed by atoms with E-state index in [0.717, 1.165) is 6.42 Å². The molecule has 0 N–H and O–H groups in total. The molecule has 4 rings (SSSR count). The highest BCUT2D eigenvalue weighted by Gasteiger charge is 2.16. The maximum atomic E-state index is 2.33. The van der Waals surface area contributed by atoms with E-state index in [4.69, 9.17) is 0 Å². The molecule has 0 atom stereocenters. The molecule has 0 nitrogen and oxygen atoms in total. The van der Waals surface area contributed by atoms with Crippen LogP contribution in [-0.4, -0.2) is 0 Å². The Hall–Kier alpha value is -2.34. The lowest BCUT2D eigenvalue weighted by atomic mass is 10.0. The number of hydrogen-bond acceptors (Lipinski definition) is 0. The van der Waals surface area contributed by atoms with Crippen LogP contribution in [-0.2, 0) is 6.42 Å². The zero-order valence-electron chi connectivity index (χ0n) is 10.6. The molecule has 0 amide bonds. The van der Waals surface area contributed by atoms with Crippen LogP contribution < -0.4 is 0 Å². The van der Waals surface area contributed by atoms with Crippen molar-refractivity contribution < 1.29 is 0 Å². The molecular weight excluding hydrogens is 228 g/mol. The Morgan fingerprint density at radius 3 is 2.53 bits per heavy atom. The van der Waals surface area contributed by atoms with Crippen molar-refractivity contribution in [3.05, 3.63) is 82.9 Å². The molecule has 0 radical (unpaired) electrons. The second kappa shape index (κ2) is 4.10. The van der Waals surface area contributed by atoms with Crippen LogP contribution in [0.15, 0.2) is 60.7 Å². The fourth-order valence-corrected chi connectivity index (χ4v) is 2.95. The molecule has 0 aromatic heterocycles. The number of hydrogen-bond donors (Lipinski definition) is 0. The van der Waals surface area contributed by atoms with Crippen LogP contribution in [0.3, 0.4) is 0 Å². The van der Waals surface area contributed by atoms with E-state index in [1.165, 1.54) is 33.4 Å². The van der Waals surface area contributed by atoms with Gasteiger partial charge in [-0.2, -0.15) is 0 Å². The summed E-state index contributed by atoms with van der Waals surface area (Å²) < 4.78 is 0. The third kappa shape index (κ3) is 1.68. The third-order valence-corrected chi connectivity index (χ3v) is 3.90. The van der Waals surface area contributed by atoms with Crippen LogP contribution >= 0.6 is 0 Å². The summed E-state index contributed by atoms with van der Waals surface area (Å²) in [7, 11) is 0. The lowest BCUT2D eigenvalue weighted by Gasteiger charge is -2.02. The summed E-state index contributed by atoms with van der Waals surface area (Å²) in [4.78, 5) is 0. The van der Waals surface area contributed by atoms with Gasteiger partial charge in [-0.15, -0.1) is 0 Å². The molecule has 3 aliphatic carbocycles. The molecule has 1 aromatic carbocycles. The van der Waals surface area contributed by atoms with Gasteiger partial charge >= 0.3 is 0 Å². The van der Waals surface area contributed by atoms with Crippen LogP contribution in [0, 0.1) is 0 Å². The molecule has 0 heteroatoms. The van der Waals surface area contributed by atoms with Gasteiger partial charge in [-0.1, -0.05) is 72.8 Å². The van der Waals surface area contributed by atoms with Gasteiger partial charge in [0.25, 0.3) is 0 Å². The monoisotopic (exact) mass is 242 g/mol. The molecule has 0 heterocycles. The van der Waals surface area contributed by atoms with Gasteiger partial charge in [0, 0.05) is 0 Å². The molecule has 0 unspecified atom stereocenters. The number of rotatable bonds is 0. The Kier molecular flexibility index (Phi) is 2.28. The van der Waals surface area contributed by atoms with Crippen LogP contribution in [0.4, 0.5) is 0 Å². The van der Waals surface area contributed by atoms with E-state index >= 15 is 0 Å². The van der Waals surface area contributed by atoms with Crippen LogP contribution in [0.25, 0.3) is 23.3 Å². The second-order valence-corrected chi connectivity index (χ2v) is 5.07. The Labute approximate surface area is 113 Å². The molecule has 0 saturated carbocycles. The van der Waals surface area contributed by atoms with Gasteiger partial charge in [-0.25, -0.2) is 0 Å². The predicted molar refractivity (Wildman–Crippen MR) is 81.2 cm³/mol. The Balaban J connectivity index is 1.97. The van der Waals surface area contributed by atoms with Gasteiger partial charge < -0.3 is 0 Å². The first-order valence-electron chi connectivity index (χ1n) is 6.68. The van der Waals surface area contributed by atoms with E-state index in [1.807, 2.05) is 0 Å². The molecule has 0 fully saturated rings. The minimum atomic E-state index is 1.02. The average molecular weight is 242 g/mol. The molecule has 0 aliphatic heterocycles. The van der Waals surface area contributed by atoms with Gasteiger partial charge in [0.15, 0.2) is 0 Å². The third-order valence-electron chi connectivity index (χ3n) is 3.90. The van der Waals surface area contributed by atoms with Gasteiger partial charge in [-0.3, -0.25) is 0 Å². The molecule has 19 heavy (non-hydrogen) atoms. The van der Waals surface area contributed by atoms with E-state index in [9.17, 15) is 0 Å². The van der Waals surface area contributed by atoms with Crippen molar-refractivity contribution in [2.24, 2.45) is 0 Å². The first-order valence-corrected chi connectivity index (χ1v) is 6.68. The lowest BCUT2D eigenvalue weighted by molar-refractivity contribution is 1.20. The largest absolute Gasteiger partial charge is 0.0622 e. The standard InChI is InChI=1S/C19H14/c1-2-8-16-13-17-12-15-7-5-4-6-14(15)10-11-19(17)18(16)9-3-1/h1-11,13H,12H2. The van der Waals surface area contributed by atoms with Crippen LogP contribution in [0.2, 0.25) is 0 Å². The van der Waals surface area contributed by atoms with E-state index in [1.54, 1.807) is 0 Å². The van der Waals surface area contributed by atoms with E-state index in [2.05, 4.69) is 72.8 Å². The molecule has 0 saturated heterocycles. The second-order valence-electron chi connectivity index (χ2n) is 5.07. The van der Waals surface area contributed by atoms with Crippen molar-refractivity contribution in [2.75, 3.05) is 0 Å². The smallest absolute Gasteiger partial charge is 0.00135 e. The zero-order valence-corrected chi connectivity index (χ0v) is 10.6. The summed E-state index contributed by atoms with van der Waals surface area (Å²) >= 11 is 0. The minimum absolute atomic E-state index is 1.02. The number of fused-ring (bicyclic) bond motifs is 4. The van der Waals surface area contributed by atoms with Gasteiger partial charge in [0.2, 0.25) is 0 Å². The summed E-state index contributed by atoms with van der Waals surface area (Å²) in [5.74, 6) is 0. The maximum absolute atomic E-state index is 2.33. The Bertz CT molecular complexity index is 750. The average Bonchev–Trinajstić information content (AvgIpc) is 2.62. The van der Waals surface area contributed by atoms with Gasteiger partial charge in [-0.05, 0) is 39.8 Å². The van der Waals surface area contributed by atoms with Crippen molar-refractivity contribution in [2.45, 2.75) is 6.42 Å². The SMILES string of the molecule is C1=Cc2c(cc3cccccc2-3)Cc2ccccc21. The molecule has 90 valence electrons. The first-order chi connectivity index (χ1) is 9.42. The molecule has 3 aliphatic rings. The highest BCUT2D eigenvalue weighted by molar-refractivity contribution is 5.87. The van der Waals surface area contributed by atoms with Crippen LogP contribution in [0.5, 0.6) is 0 Å². The topological polar surface area (TPSA) is 0 Å². The minimum Gasteiger partial charge on any atom is -0.0622 e. The predicted octanol–water partition coefficient (Wildman–Crippen LogP) is 4.87.